The predicted octanol–water partition coefficient (Wildman–Crippen LogP) is 3.79. The molecule has 2 aromatic carbocycles. The number of rotatable bonds is 5. The van der Waals surface area contributed by atoms with Gasteiger partial charge in [0.1, 0.15) is 10.7 Å². The second kappa shape index (κ2) is 6.63. The molecular formula is C15H16N2OS2. The molecule has 0 aliphatic rings. The summed E-state index contributed by atoms with van der Waals surface area (Å²) in [6, 6.07) is 13.7. The Balaban J connectivity index is 2.46. The normalized spacial score (nSPS) is 10.1. The molecule has 3 nitrogen and oxygen atoms in total. The predicted molar refractivity (Wildman–Crippen MR) is 90.4 cm³/mol. The first-order chi connectivity index (χ1) is 9.67. The summed E-state index contributed by atoms with van der Waals surface area (Å²) in [5.41, 5.74) is 8.49. The van der Waals surface area contributed by atoms with Gasteiger partial charge in [-0.15, -0.1) is 11.8 Å². The van der Waals surface area contributed by atoms with Crippen LogP contribution < -0.4 is 15.8 Å². The van der Waals surface area contributed by atoms with Crippen LogP contribution in [-0.4, -0.2) is 18.4 Å². The summed E-state index contributed by atoms with van der Waals surface area (Å²) >= 11 is 6.79. The molecule has 0 atom stereocenters. The quantitative estimate of drug-likeness (QED) is 0.650. The maximum Gasteiger partial charge on any atom is 0.142 e. The number of thiocarbonyl (C=S) groups is 1. The van der Waals surface area contributed by atoms with Crippen molar-refractivity contribution in [2.24, 2.45) is 5.73 Å². The van der Waals surface area contributed by atoms with E-state index in [0.29, 0.717) is 4.99 Å². The van der Waals surface area contributed by atoms with Crippen molar-refractivity contribution in [2.45, 2.75) is 4.90 Å². The van der Waals surface area contributed by atoms with Crippen LogP contribution in [0.25, 0.3) is 0 Å². The van der Waals surface area contributed by atoms with E-state index in [1.807, 2.05) is 48.7 Å². The molecule has 5 heteroatoms. The van der Waals surface area contributed by atoms with Crippen LogP contribution in [0.3, 0.4) is 0 Å². The Bertz CT molecular complexity index is 629. The standard InChI is InChI=1S/C15H16N2OS2/c1-18-12-8-4-3-6-10(12)17-11-7-5-9-13(20-2)14(11)15(16)19/h3-9,17H,1-2H3,(H2,16,19). The van der Waals surface area contributed by atoms with Gasteiger partial charge in [0.25, 0.3) is 0 Å². The van der Waals surface area contributed by atoms with Gasteiger partial charge in [-0.05, 0) is 30.5 Å². The summed E-state index contributed by atoms with van der Waals surface area (Å²) in [4.78, 5) is 1.43. The average Bonchev–Trinajstić information content (AvgIpc) is 2.47. The Hall–Kier alpha value is -1.72. The van der Waals surface area contributed by atoms with E-state index < -0.39 is 0 Å². The Morgan fingerprint density at radius 2 is 1.85 bits per heavy atom. The van der Waals surface area contributed by atoms with Crippen LogP contribution in [0.2, 0.25) is 0 Å². The Kier molecular flexibility index (Phi) is 4.87. The summed E-state index contributed by atoms with van der Waals surface area (Å²) in [6.45, 7) is 0. The molecule has 104 valence electrons. The minimum atomic E-state index is 0.382. The monoisotopic (exact) mass is 304 g/mol. The van der Waals surface area contributed by atoms with Crippen molar-refractivity contribution < 1.29 is 4.74 Å². The number of anilines is 2. The molecule has 0 unspecified atom stereocenters. The van der Waals surface area contributed by atoms with E-state index in [4.69, 9.17) is 22.7 Å². The molecule has 0 saturated carbocycles. The second-order valence-electron chi connectivity index (χ2n) is 4.07. The molecule has 20 heavy (non-hydrogen) atoms. The topological polar surface area (TPSA) is 47.3 Å². The minimum absolute atomic E-state index is 0.382. The second-order valence-corrected chi connectivity index (χ2v) is 5.36. The number of benzene rings is 2. The van der Waals surface area contributed by atoms with Crippen molar-refractivity contribution in [2.75, 3.05) is 18.7 Å². The van der Waals surface area contributed by atoms with Crippen LogP contribution in [-0.2, 0) is 0 Å². The van der Waals surface area contributed by atoms with E-state index in [-0.39, 0.29) is 0 Å². The van der Waals surface area contributed by atoms with Gasteiger partial charge >= 0.3 is 0 Å². The van der Waals surface area contributed by atoms with Gasteiger partial charge in [-0.2, -0.15) is 0 Å². The third kappa shape index (κ3) is 3.05. The highest BCUT2D eigenvalue weighted by atomic mass is 32.2. The molecule has 0 saturated heterocycles. The van der Waals surface area contributed by atoms with E-state index in [1.165, 1.54) is 0 Å². The van der Waals surface area contributed by atoms with Crippen LogP contribution in [0.1, 0.15) is 5.56 Å². The summed E-state index contributed by atoms with van der Waals surface area (Å²) in [7, 11) is 1.65. The molecule has 2 rings (SSSR count). The first-order valence-electron chi connectivity index (χ1n) is 6.04. The summed E-state index contributed by atoms with van der Waals surface area (Å²) in [6.07, 6.45) is 2.00. The van der Waals surface area contributed by atoms with Gasteiger partial charge in [0, 0.05) is 16.1 Å². The highest BCUT2D eigenvalue weighted by molar-refractivity contribution is 7.98. The molecule has 0 amide bonds. The molecule has 0 radical (unpaired) electrons. The number of ether oxygens (including phenoxy) is 1. The molecule has 0 fully saturated rings. The molecular weight excluding hydrogens is 288 g/mol. The van der Waals surface area contributed by atoms with Crippen LogP contribution in [0, 0.1) is 0 Å². The largest absolute Gasteiger partial charge is 0.495 e. The van der Waals surface area contributed by atoms with E-state index in [0.717, 1.165) is 27.6 Å². The van der Waals surface area contributed by atoms with Crippen molar-refractivity contribution >= 4 is 40.3 Å². The fraction of sp³-hybridized carbons (Fsp3) is 0.133. The van der Waals surface area contributed by atoms with Crippen LogP contribution in [0.4, 0.5) is 11.4 Å². The van der Waals surface area contributed by atoms with E-state index in [2.05, 4.69) is 5.32 Å². The number of hydrogen-bond donors (Lipinski definition) is 2. The van der Waals surface area contributed by atoms with E-state index >= 15 is 0 Å². The fourth-order valence-electron chi connectivity index (χ4n) is 1.95. The van der Waals surface area contributed by atoms with Gasteiger partial charge in [-0.25, -0.2) is 0 Å². The number of methoxy groups -OCH3 is 1. The summed E-state index contributed by atoms with van der Waals surface area (Å²) in [5, 5.41) is 3.34. The van der Waals surface area contributed by atoms with Crippen LogP contribution >= 0.6 is 24.0 Å². The maximum atomic E-state index is 5.86. The minimum Gasteiger partial charge on any atom is -0.495 e. The summed E-state index contributed by atoms with van der Waals surface area (Å²) < 4.78 is 5.34. The molecule has 0 aromatic heterocycles. The zero-order chi connectivity index (χ0) is 14.5. The molecule has 0 heterocycles. The third-order valence-electron chi connectivity index (χ3n) is 2.87. The molecule has 0 aliphatic carbocycles. The Morgan fingerprint density at radius 3 is 2.50 bits per heavy atom. The highest BCUT2D eigenvalue weighted by Gasteiger charge is 2.12. The zero-order valence-corrected chi connectivity index (χ0v) is 13.0. The smallest absolute Gasteiger partial charge is 0.142 e. The number of para-hydroxylation sites is 2. The fourth-order valence-corrected chi connectivity index (χ4v) is 2.88. The van der Waals surface area contributed by atoms with Gasteiger partial charge < -0.3 is 15.8 Å². The lowest BCUT2D eigenvalue weighted by molar-refractivity contribution is 0.417. The SMILES string of the molecule is COc1ccccc1Nc1cccc(SC)c1C(N)=S. The Morgan fingerprint density at radius 1 is 1.15 bits per heavy atom. The zero-order valence-electron chi connectivity index (χ0n) is 11.3. The number of nitrogens with two attached hydrogens (primary N) is 1. The molecule has 3 N–H and O–H groups in total. The molecule has 0 spiro atoms. The Labute approximate surface area is 128 Å². The number of hydrogen-bond acceptors (Lipinski definition) is 4. The van der Waals surface area contributed by atoms with Gasteiger partial charge in [0.2, 0.25) is 0 Å². The van der Waals surface area contributed by atoms with Gasteiger partial charge in [0.15, 0.2) is 0 Å². The van der Waals surface area contributed by atoms with Gasteiger partial charge in [-0.1, -0.05) is 30.4 Å². The first kappa shape index (κ1) is 14.7. The van der Waals surface area contributed by atoms with Crippen molar-refractivity contribution in [3.63, 3.8) is 0 Å². The van der Waals surface area contributed by atoms with Crippen LogP contribution in [0.5, 0.6) is 5.75 Å². The van der Waals surface area contributed by atoms with E-state index in [9.17, 15) is 0 Å². The lowest BCUT2D eigenvalue weighted by Crippen LogP contribution is -2.13. The lowest BCUT2D eigenvalue weighted by atomic mass is 10.1. The van der Waals surface area contributed by atoms with Crippen molar-refractivity contribution in [3.05, 3.63) is 48.0 Å². The average molecular weight is 304 g/mol. The summed E-state index contributed by atoms with van der Waals surface area (Å²) in [5.74, 6) is 0.774. The van der Waals surface area contributed by atoms with Crippen molar-refractivity contribution in [1.29, 1.82) is 0 Å². The van der Waals surface area contributed by atoms with Crippen LogP contribution in [0.15, 0.2) is 47.4 Å². The molecule has 0 bridgehead atoms. The van der Waals surface area contributed by atoms with Gasteiger partial charge in [-0.3, -0.25) is 0 Å². The van der Waals surface area contributed by atoms with E-state index in [1.54, 1.807) is 18.9 Å². The maximum absolute atomic E-state index is 5.86. The molecule has 0 aliphatic heterocycles. The van der Waals surface area contributed by atoms with Crippen molar-refractivity contribution in [3.8, 4) is 5.75 Å². The van der Waals surface area contributed by atoms with Crippen molar-refractivity contribution in [1.82, 2.24) is 0 Å². The first-order valence-corrected chi connectivity index (χ1v) is 7.67. The third-order valence-corrected chi connectivity index (χ3v) is 3.85. The highest BCUT2D eigenvalue weighted by Crippen LogP contribution is 2.32. The lowest BCUT2D eigenvalue weighted by Gasteiger charge is -2.16. The number of thioether (sulfide) groups is 1. The molecule has 2 aromatic rings. The number of nitrogens with one attached hydrogen (secondary N) is 1. The van der Waals surface area contributed by atoms with Gasteiger partial charge in [0.05, 0.1) is 12.8 Å².